The van der Waals surface area contributed by atoms with Gasteiger partial charge >= 0.3 is 0 Å². The van der Waals surface area contributed by atoms with E-state index in [0.717, 1.165) is 18.1 Å². The Labute approximate surface area is 127 Å². The fourth-order valence-electron chi connectivity index (χ4n) is 1.78. The first kappa shape index (κ1) is 15.5. The lowest BCUT2D eigenvalue weighted by Gasteiger charge is -2.12. The van der Waals surface area contributed by atoms with E-state index in [0.29, 0.717) is 17.3 Å². The topological polar surface area (TPSA) is 37.0 Å². The van der Waals surface area contributed by atoms with Gasteiger partial charge in [0.05, 0.1) is 10.7 Å². The summed E-state index contributed by atoms with van der Waals surface area (Å²) in [7, 11) is 0. The minimum Gasteiger partial charge on any atom is -0.368 e. The molecule has 0 spiro atoms. The fraction of sp³-hybridized carbons (Fsp3) is 0.267. The van der Waals surface area contributed by atoms with Gasteiger partial charge in [0.25, 0.3) is 0 Å². The summed E-state index contributed by atoms with van der Waals surface area (Å²) in [4.78, 5) is 3.94. The van der Waals surface area contributed by atoms with Crippen molar-refractivity contribution < 1.29 is 8.78 Å². The maximum absolute atomic E-state index is 13.8. The average molecular weight is 312 g/mol. The van der Waals surface area contributed by atoms with Crippen molar-refractivity contribution in [3.05, 3.63) is 46.5 Å². The van der Waals surface area contributed by atoms with Crippen LogP contribution in [0.5, 0.6) is 0 Å². The number of nitrogens with one attached hydrogen (secondary N) is 2. The van der Waals surface area contributed by atoms with Crippen molar-refractivity contribution in [3.8, 4) is 0 Å². The van der Waals surface area contributed by atoms with Crippen LogP contribution in [0.3, 0.4) is 0 Å². The monoisotopic (exact) mass is 311 g/mol. The zero-order chi connectivity index (χ0) is 15.4. The second-order valence-corrected chi connectivity index (χ2v) is 5.09. The van der Waals surface area contributed by atoms with E-state index in [-0.39, 0.29) is 11.6 Å². The highest BCUT2D eigenvalue weighted by atomic mass is 35.5. The van der Waals surface area contributed by atoms with Crippen LogP contribution in [0, 0.1) is 18.6 Å². The summed E-state index contributed by atoms with van der Waals surface area (Å²) in [5, 5.41) is 6.06. The Morgan fingerprint density at radius 3 is 2.57 bits per heavy atom. The van der Waals surface area contributed by atoms with Gasteiger partial charge in [0.15, 0.2) is 23.3 Å². The van der Waals surface area contributed by atoms with Crippen LogP contribution in [0.4, 0.5) is 26.1 Å². The van der Waals surface area contributed by atoms with E-state index in [4.69, 9.17) is 11.6 Å². The number of aryl methyl sites for hydroxylation is 1. The molecule has 0 bridgehead atoms. The highest BCUT2D eigenvalue weighted by Crippen LogP contribution is 2.28. The van der Waals surface area contributed by atoms with Gasteiger partial charge in [-0.3, -0.25) is 0 Å². The van der Waals surface area contributed by atoms with Crippen molar-refractivity contribution in [2.75, 3.05) is 17.2 Å². The van der Waals surface area contributed by atoms with E-state index in [1.165, 1.54) is 0 Å². The molecular formula is C15H16ClF2N3. The summed E-state index contributed by atoms with van der Waals surface area (Å²) in [5.74, 6) is -1.54. The van der Waals surface area contributed by atoms with Crippen LogP contribution in [0.25, 0.3) is 0 Å². The Kier molecular flexibility index (Phi) is 4.96. The molecule has 0 fully saturated rings. The summed E-state index contributed by atoms with van der Waals surface area (Å²) in [6, 6.07) is 6.12. The molecule has 0 saturated carbocycles. The van der Waals surface area contributed by atoms with Crippen LogP contribution in [0.1, 0.15) is 18.9 Å². The van der Waals surface area contributed by atoms with E-state index in [9.17, 15) is 8.78 Å². The van der Waals surface area contributed by atoms with E-state index >= 15 is 0 Å². The van der Waals surface area contributed by atoms with Gasteiger partial charge in [0.1, 0.15) is 0 Å². The van der Waals surface area contributed by atoms with Crippen molar-refractivity contribution in [2.45, 2.75) is 20.3 Å². The first-order valence-electron chi connectivity index (χ1n) is 6.64. The first-order chi connectivity index (χ1) is 10.0. The lowest BCUT2D eigenvalue weighted by atomic mass is 10.2. The zero-order valence-electron chi connectivity index (χ0n) is 11.8. The molecule has 0 unspecified atom stereocenters. The number of anilines is 3. The van der Waals surface area contributed by atoms with Gasteiger partial charge in [-0.1, -0.05) is 24.6 Å². The molecule has 0 aliphatic rings. The molecule has 0 amide bonds. The molecule has 3 nitrogen and oxygen atoms in total. The molecule has 1 aromatic heterocycles. The fourth-order valence-corrected chi connectivity index (χ4v) is 1.95. The number of hydrogen-bond acceptors (Lipinski definition) is 3. The standard InChI is InChI=1S/C15H16ClF2N3/c1-3-6-19-14-11(17)8-12(18)15(21-14)20-13-7-9(2)4-5-10(13)16/h4-5,7-8H,3,6H2,1-2H3,(H2,19,20,21). The molecule has 0 saturated heterocycles. The van der Waals surface area contributed by atoms with Crippen molar-refractivity contribution >= 4 is 28.9 Å². The maximum atomic E-state index is 13.8. The SMILES string of the molecule is CCCNc1nc(Nc2cc(C)ccc2Cl)c(F)cc1F. The Morgan fingerprint density at radius 2 is 1.86 bits per heavy atom. The van der Waals surface area contributed by atoms with E-state index in [2.05, 4.69) is 15.6 Å². The molecule has 1 aromatic carbocycles. The van der Waals surface area contributed by atoms with Crippen LogP contribution >= 0.6 is 11.6 Å². The Balaban J connectivity index is 2.32. The third-order valence-electron chi connectivity index (χ3n) is 2.85. The Morgan fingerprint density at radius 1 is 1.14 bits per heavy atom. The largest absolute Gasteiger partial charge is 0.368 e. The van der Waals surface area contributed by atoms with Gasteiger partial charge in [-0.2, -0.15) is 0 Å². The molecule has 0 aliphatic heterocycles. The molecule has 0 aliphatic carbocycles. The number of pyridine rings is 1. The van der Waals surface area contributed by atoms with Crippen LogP contribution in [-0.4, -0.2) is 11.5 Å². The molecule has 21 heavy (non-hydrogen) atoms. The van der Waals surface area contributed by atoms with Crippen molar-refractivity contribution in [1.82, 2.24) is 4.98 Å². The first-order valence-corrected chi connectivity index (χ1v) is 7.02. The third kappa shape index (κ3) is 3.82. The van der Waals surface area contributed by atoms with E-state index in [1.54, 1.807) is 12.1 Å². The molecule has 2 rings (SSSR count). The highest BCUT2D eigenvalue weighted by Gasteiger charge is 2.13. The zero-order valence-corrected chi connectivity index (χ0v) is 12.6. The smallest absolute Gasteiger partial charge is 0.169 e. The molecular weight excluding hydrogens is 296 g/mol. The van der Waals surface area contributed by atoms with E-state index < -0.39 is 11.6 Å². The summed E-state index contributed by atoms with van der Waals surface area (Å²) in [5.41, 5.74) is 1.49. The van der Waals surface area contributed by atoms with Crippen molar-refractivity contribution in [2.24, 2.45) is 0 Å². The Bertz CT molecular complexity index is 647. The van der Waals surface area contributed by atoms with Gasteiger partial charge in [0.2, 0.25) is 0 Å². The summed E-state index contributed by atoms with van der Waals surface area (Å²) >= 11 is 6.05. The molecule has 0 atom stereocenters. The maximum Gasteiger partial charge on any atom is 0.169 e. The third-order valence-corrected chi connectivity index (χ3v) is 3.18. The lowest BCUT2D eigenvalue weighted by molar-refractivity contribution is 0.579. The Hall–Kier alpha value is -1.88. The van der Waals surface area contributed by atoms with Gasteiger partial charge in [-0.05, 0) is 31.0 Å². The molecule has 112 valence electrons. The normalized spacial score (nSPS) is 10.5. The van der Waals surface area contributed by atoms with Gasteiger partial charge in [-0.25, -0.2) is 13.8 Å². The highest BCUT2D eigenvalue weighted by molar-refractivity contribution is 6.33. The predicted molar refractivity (Wildman–Crippen MR) is 82.4 cm³/mol. The molecule has 6 heteroatoms. The van der Waals surface area contributed by atoms with Gasteiger partial charge < -0.3 is 10.6 Å². The minimum atomic E-state index is -0.771. The number of nitrogens with zero attached hydrogens (tertiary/aromatic N) is 1. The van der Waals surface area contributed by atoms with Crippen LogP contribution < -0.4 is 10.6 Å². The number of hydrogen-bond donors (Lipinski definition) is 2. The lowest BCUT2D eigenvalue weighted by Crippen LogP contribution is -2.07. The van der Waals surface area contributed by atoms with Gasteiger partial charge in [-0.15, -0.1) is 0 Å². The predicted octanol–water partition coefficient (Wildman–Crippen LogP) is 4.89. The van der Waals surface area contributed by atoms with Gasteiger partial charge in [0, 0.05) is 12.6 Å². The molecule has 2 N–H and O–H groups in total. The van der Waals surface area contributed by atoms with Crippen molar-refractivity contribution in [1.29, 1.82) is 0 Å². The minimum absolute atomic E-state index is 0.0181. The quantitative estimate of drug-likeness (QED) is 0.825. The number of halogens is 3. The van der Waals surface area contributed by atoms with Crippen molar-refractivity contribution in [3.63, 3.8) is 0 Å². The average Bonchev–Trinajstić information content (AvgIpc) is 2.44. The summed E-state index contributed by atoms with van der Waals surface area (Å²) in [6.45, 7) is 4.39. The summed E-state index contributed by atoms with van der Waals surface area (Å²) in [6.07, 6.45) is 0.810. The number of rotatable bonds is 5. The van der Waals surface area contributed by atoms with Crippen LogP contribution in [-0.2, 0) is 0 Å². The molecule has 1 heterocycles. The number of aromatic nitrogens is 1. The van der Waals surface area contributed by atoms with Crippen LogP contribution in [0.2, 0.25) is 5.02 Å². The molecule has 0 radical (unpaired) electrons. The molecule has 2 aromatic rings. The second kappa shape index (κ2) is 6.72. The second-order valence-electron chi connectivity index (χ2n) is 4.68. The summed E-state index contributed by atoms with van der Waals surface area (Å²) < 4.78 is 27.5. The number of benzene rings is 1. The van der Waals surface area contributed by atoms with Crippen LogP contribution in [0.15, 0.2) is 24.3 Å². The van der Waals surface area contributed by atoms with E-state index in [1.807, 2.05) is 19.9 Å².